The van der Waals surface area contributed by atoms with E-state index in [2.05, 4.69) is 27.7 Å². The fourth-order valence-corrected chi connectivity index (χ4v) is 3.54. The quantitative estimate of drug-likeness (QED) is 0.884. The maximum absolute atomic E-state index is 3.60. The summed E-state index contributed by atoms with van der Waals surface area (Å²) in [6.45, 7) is 3.59. The highest BCUT2D eigenvalue weighted by Gasteiger charge is 2.34. The average Bonchev–Trinajstić information content (AvgIpc) is 3.11. The molecule has 1 atom stereocenters. The van der Waals surface area contributed by atoms with Crippen LogP contribution in [0.15, 0.2) is 17.5 Å². The van der Waals surface area contributed by atoms with Gasteiger partial charge in [-0.05, 0) is 43.7 Å². The summed E-state index contributed by atoms with van der Waals surface area (Å²) in [4.78, 5) is 4.30. The van der Waals surface area contributed by atoms with E-state index in [1.165, 1.54) is 56.6 Å². The van der Waals surface area contributed by atoms with Crippen molar-refractivity contribution in [3.05, 3.63) is 22.4 Å². The van der Waals surface area contributed by atoms with Gasteiger partial charge < -0.3 is 5.32 Å². The zero-order valence-corrected chi connectivity index (χ0v) is 11.2. The fraction of sp³-hybridized carbons (Fsp3) is 0.714. The molecule has 1 aromatic heterocycles. The van der Waals surface area contributed by atoms with Gasteiger partial charge in [-0.1, -0.05) is 12.5 Å². The summed E-state index contributed by atoms with van der Waals surface area (Å²) in [6, 6.07) is 6.11. The van der Waals surface area contributed by atoms with Gasteiger partial charge in [-0.2, -0.15) is 0 Å². The Bertz CT molecular complexity index is 324. The van der Waals surface area contributed by atoms with Crippen LogP contribution in [0.4, 0.5) is 0 Å². The molecule has 0 spiro atoms. The van der Waals surface area contributed by atoms with Gasteiger partial charge in [0.15, 0.2) is 0 Å². The second kappa shape index (κ2) is 5.51. The summed E-state index contributed by atoms with van der Waals surface area (Å²) < 4.78 is 0. The summed E-state index contributed by atoms with van der Waals surface area (Å²) in [5.41, 5.74) is 0. The number of thiophene rings is 1. The summed E-state index contributed by atoms with van der Waals surface area (Å²) in [7, 11) is 0. The van der Waals surface area contributed by atoms with E-state index in [9.17, 15) is 0 Å². The number of nitrogens with zero attached hydrogens (tertiary/aromatic N) is 1. The van der Waals surface area contributed by atoms with Gasteiger partial charge in [0.05, 0.1) is 0 Å². The van der Waals surface area contributed by atoms with Crippen molar-refractivity contribution in [2.24, 2.45) is 0 Å². The second-order valence-corrected chi connectivity index (χ2v) is 6.37. The lowest BCUT2D eigenvalue weighted by Gasteiger charge is -2.30. The van der Waals surface area contributed by atoms with Crippen LogP contribution < -0.4 is 5.32 Å². The molecule has 2 heterocycles. The highest BCUT2D eigenvalue weighted by atomic mass is 32.1. The van der Waals surface area contributed by atoms with Crippen molar-refractivity contribution in [3.8, 4) is 0 Å². The Kier molecular flexibility index (Phi) is 3.79. The first-order chi connectivity index (χ1) is 8.43. The van der Waals surface area contributed by atoms with Crippen LogP contribution in [0.2, 0.25) is 0 Å². The van der Waals surface area contributed by atoms with Crippen molar-refractivity contribution in [1.29, 1.82) is 0 Å². The second-order valence-electron chi connectivity index (χ2n) is 5.34. The fourth-order valence-electron chi connectivity index (χ4n) is 2.83. The molecule has 3 rings (SSSR count). The van der Waals surface area contributed by atoms with Crippen LogP contribution in [0, 0.1) is 0 Å². The van der Waals surface area contributed by atoms with Crippen molar-refractivity contribution in [2.45, 2.75) is 50.7 Å². The standard InChI is InChI=1S/C14H22N2S/c1-2-8-15-10-13(4-1)16(12-6-7-12)11-14-5-3-9-17-14/h3,5,9,12-13,15H,1-2,4,6-8,10-11H2. The molecule has 0 bridgehead atoms. The van der Waals surface area contributed by atoms with E-state index in [0.717, 1.165) is 12.1 Å². The zero-order chi connectivity index (χ0) is 11.5. The van der Waals surface area contributed by atoms with Gasteiger partial charge in [0.2, 0.25) is 0 Å². The lowest BCUT2D eigenvalue weighted by Crippen LogP contribution is -2.42. The molecule has 2 aliphatic rings. The van der Waals surface area contributed by atoms with Gasteiger partial charge in [-0.3, -0.25) is 4.90 Å². The van der Waals surface area contributed by atoms with E-state index in [0.29, 0.717) is 0 Å². The summed E-state index contributed by atoms with van der Waals surface area (Å²) in [5.74, 6) is 0. The highest BCUT2D eigenvalue weighted by molar-refractivity contribution is 7.09. The Labute approximate surface area is 108 Å². The highest BCUT2D eigenvalue weighted by Crippen LogP contribution is 2.32. The topological polar surface area (TPSA) is 15.3 Å². The third kappa shape index (κ3) is 3.09. The minimum Gasteiger partial charge on any atom is -0.315 e. The maximum Gasteiger partial charge on any atom is 0.0334 e. The van der Waals surface area contributed by atoms with E-state index in [4.69, 9.17) is 0 Å². The third-order valence-corrected chi connectivity index (χ3v) is 4.79. The van der Waals surface area contributed by atoms with E-state index in [1.807, 2.05) is 11.3 Å². The molecule has 1 aliphatic carbocycles. The lowest BCUT2D eigenvalue weighted by molar-refractivity contribution is 0.170. The molecule has 17 heavy (non-hydrogen) atoms. The molecule has 1 aromatic rings. The molecule has 0 radical (unpaired) electrons. The number of nitrogens with one attached hydrogen (secondary N) is 1. The maximum atomic E-state index is 3.60. The Hall–Kier alpha value is -0.380. The molecule has 2 nitrogen and oxygen atoms in total. The first kappa shape index (κ1) is 11.7. The molecular weight excluding hydrogens is 228 g/mol. The van der Waals surface area contributed by atoms with Crippen LogP contribution in [-0.4, -0.2) is 30.1 Å². The Morgan fingerprint density at radius 2 is 2.18 bits per heavy atom. The largest absolute Gasteiger partial charge is 0.315 e. The molecule has 1 N–H and O–H groups in total. The normalized spacial score (nSPS) is 26.1. The van der Waals surface area contributed by atoms with E-state index >= 15 is 0 Å². The third-order valence-electron chi connectivity index (χ3n) is 3.92. The van der Waals surface area contributed by atoms with Gasteiger partial charge in [0.25, 0.3) is 0 Å². The van der Waals surface area contributed by atoms with Gasteiger partial charge in [0, 0.05) is 30.1 Å². The SMILES string of the molecule is c1csc(CN(C2CC2)C2CCCCNC2)c1. The minimum absolute atomic E-state index is 0.770. The molecule has 3 heteroatoms. The monoisotopic (exact) mass is 250 g/mol. The first-order valence-corrected chi connectivity index (χ1v) is 7.80. The predicted octanol–water partition coefficient (Wildman–Crippen LogP) is 2.85. The summed E-state index contributed by atoms with van der Waals surface area (Å²) in [6.07, 6.45) is 6.97. The summed E-state index contributed by atoms with van der Waals surface area (Å²) >= 11 is 1.90. The van der Waals surface area contributed by atoms with Gasteiger partial charge in [0.1, 0.15) is 0 Å². The lowest BCUT2D eigenvalue weighted by atomic mass is 10.1. The van der Waals surface area contributed by atoms with E-state index in [-0.39, 0.29) is 0 Å². The molecule has 1 unspecified atom stereocenters. The Balaban J connectivity index is 1.66. The van der Waals surface area contributed by atoms with Crippen molar-refractivity contribution in [1.82, 2.24) is 10.2 Å². The molecule has 1 saturated carbocycles. The van der Waals surface area contributed by atoms with E-state index < -0.39 is 0 Å². The van der Waals surface area contributed by atoms with Gasteiger partial charge in [-0.15, -0.1) is 11.3 Å². The van der Waals surface area contributed by atoms with Crippen molar-refractivity contribution in [3.63, 3.8) is 0 Å². The first-order valence-electron chi connectivity index (χ1n) is 6.92. The molecule has 0 amide bonds. The van der Waals surface area contributed by atoms with Crippen LogP contribution >= 0.6 is 11.3 Å². The summed E-state index contributed by atoms with van der Waals surface area (Å²) in [5, 5.41) is 5.80. The smallest absolute Gasteiger partial charge is 0.0334 e. The Morgan fingerprint density at radius 1 is 1.24 bits per heavy atom. The molecule has 2 fully saturated rings. The predicted molar refractivity (Wildman–Crippen MR) is 73.4 cm³/mol. The number of hydrogen-bond acceptors (Lipinski definition) is 3. The number of hydrogen-bond donors (Lipinski definition) is 1. The van der Waals surface area contributed by atoms with Crippen LogP contribution in [0.5, 0.6) is 0 Å². The number of rotatable bonds is 4. The van der Waals surface area contributed by atoms with E-state index in [1.54, 1.807) is 0 Å². The van der Waals surface area contributed by atoms with Gasteiger partial charge >= 0.3 is 0 Å². The molecular formula is C14H22N2S. The van der Waals surface area contributed by atoms with Crippen LogP contribution in [-0.2, 0) is 6.54 Å². The Morgan fingerprint density at radius 3 is 2.94 bits per heavy atom. The van der Waals surface area contributed by atoms with Crippen LogP contribution in [0.25, 0.3) is 0 Å². The molecule has 0 aromatic carbocycles. The van der Waals surface area contributed by atoms with Crippen LogP contribution in [0.1, 0.15) is 37.0 Å². The van der Waals surface area contributed by atoms with Crippen molar-refractivity contribution < 1.29 is 0 Å². The van der Waals surface area contributed by atoms with Crippen LogP contribution in [0.3, 0.4) is 0 Å². The van der Waals surface area contributed by atoms with Crippen molar-refractivity contribution >= 4 is 11.3 Å². The molecule has 94 valence electrons. The molecule has 1 aliphatic heterocycles. The zero-order valence-electron chi connectivity index (χ0n) is 10.4. The van der Waals surface area contributed by atoms with Gasteiger partial charge in [-0.25, -0.2) is 0 Å². The minimum atomic E-state index is 0.770. The van der Waals surface area contributed by atoms with Crippen molar-refractivity contribution in [2.75, 3.05) is 13.1 Å². The molecule has 1 saturated heterocycles. The average molecular weight is 250 g/mol.